The van der Waals surface area contributed by atoms with Crippen molar-refractivity contribution in [1.82, 2.24) is 24.9 Å². The summed E-state index contributed by atoms with van der Waals surface area (Å²) in [5.41, 5.74) is 4.22. The van der Waals surface area contributed by atoms with Gasteiger partial charge >= 0.3 is 0 Å². The van der Waals surface area contributed by atoms with Gasteiger partial charge in [0.15, 0.2) is 5.65 Å². The van der Waals surface area contributed by atoms with Crippen LogP contribution in [0.2, 0.25) is 0 Å². The Hall–Kier alpha value is -3.34. The zero-order valence-corrected chi connectivity index (χ0v) is 18.4. The van der Waals surface area contributed by atoms with E-state index in [9.17, 15) is 4.21 Å². The van der Waals surface area contributed by atoms with Crippen LogP contribution in [0.3, 0.4) is 0 Å². The van der Waals surface area contributed by atoms with Crippen molar-refractivity contribution in [1.29, 1.82) is 0 Å². The number of nitrogens with one attached hydrogen (secondary N) is 3. The van der Waals surface area contributed by atoms with Crippen LogP contribution in [0.5, 0.6) is 0 Å². The van der Waals surface area contributed by atoms with Crippen LogP contribution in [-0.2, 0) is 15.7 Å². The van der Waals surface area contributed by atoms with Crippen LogP contribution < -0.4 is 14.9 Å². The number of aromatic amines is 1. The molecule has 2 aromatic carbocycles. The molecule has 0 saturated carbocycles. The van der Waals surface area contributed by atoms with E-state index in [4.69, 9.17) is 4.74 Å². The van der Waals surface area contributed by atoms with Crippen LogP contribution in [0.25, 0.3) is 22.3 Å². The number of hydrogen-bond donors (Lipinski definition) is 3. The fourth-order valence-corrected chi connectivity index (χ4v) is 4.47. The zero-order chi connectivity index (χ0) is 21.9. The Morgan fingerprint density at radius 2 is 1.91 bits per heavy atom. The number of anilines is 3. The number of fused-ring (bicyclic) bond motifs is 1. The molecule has 9 nitrogen and oxygen atoms in total. The predicted molar refractivity (Wildman–Crippen MR) is 125 cm³/mol. The van der Waals surface area contributed by atoms with Crippen molar-refractivity contribution in [2.75, 3.05) is 43.6 Å². The minimum absolute atomic E-state index is 0.573. The summed E-state index contributed by atoms with van der Waals surface area (Å²) >= 11 is 0. The van der Waals surface area contributed by atoms with Crippen LogP contribution in [-0.4, -0.2) is 57.7 Å². The third-order valence-electron chi connectivity index (χ3n) is 5.39. The smallest absolute Gasteiger partial charge is 0.186 e. The number of ether oxygens (including phenoxy) is 1. The van der Waals surface area contributed by atoms with Gasteiger partial charge in [-0.25, -0.2) is 18.9 Å². The van der Waals surface area contributed by atoms with Crippen molar-refractivity contribution in [2.45, 2.75) is 4.90 Å². The third-order valence-corrected chi connectivity index (χ3v) is 6.44. The average Bonchev–Trinajstić information content (AvgIpc) is 3.30. The molecule has 5 rings (SSSR count). The fourth-order valence-electron chi connectivity index (χ4n) is 3.82. The molecule has 2 aromatic heterocycles. The van der Waals surface area contributed by atoms with Crippen molar-refractivity contribution in [3.8, 4) is 11.3 Å². The molecule has 1 atom stereocenters. The molecule has 0 bridgehead atoms. The first-order valence-electron chi connectivity index (χ1n) is 10.3. The minimum Gasteiger partial charge on any atom is -0.378 e. The summed E-state index contributed by atoms with van der Waals surface area (Å²) < 4.78 is 20.7. The van der Waals surface area contributed by atoms with Gasteiger partial charge in [0.05, 0.1) is 40.6 Å². The Bertz CT molecular complexity index is 1260. The molecule has 4 aromatic rings. The van der Waals surface area contributed by atoms with Crippen molar-refractivity contribution in [2.24, 2.45) is 0 Å². The number of nitrogens with zero attached hydrogens (tertiary/aromatic N) is 4. The van der Waals surface area contributed by atoms with Crippen molar-refractivity contribution >= 4 is 39.2 Å². The summed E-state index contributed by atoms with van der Waals surface area (Å²) in [6.45, 7) is 2.90. The molecule has 164 valence electrons. The fraction of sp³-hybridized carbons (Fsp3) is 0.227. The molecule has 1 saturated heterocycles. The standard InChI is InChI=1S/C22H23N7O2S/c1-23-32(30)16-7-8-18(29-9-11-31-12-10-29)17(13-16)26-21-19-20(15-5-3-2-4-6-15)27-28-22(19)25-14-24-21/h2-8,13-14,23H,9-12H2,1H3,(H2,24,25,26,27,28). The van der Waals surface area contributed by atoms with Crippen LogP contribution in [0, 0.1) is 0 Å². The predicted octanol–water partition coefficient (Wildman–Crippen LogP) is 2.84. The van der Waals surface area contributed by atoms with E-state index in [1.165, 1.54) is 6.33 Å². The minimum atomic E-state index is -1.31. The number of hydrogen-bond acceptors (Lipinski definition) is 7. The Morgan fingerprint density at radius 1 is 1.09 bits per heavy atom. The van der Waals surface area contributed by atoms with Gasteiger partial charge in [-0.05, 0) is 25.2 Å². The van der Waals surface area contributed by atoms with Crippen LogP contribution in [0.4, 0.5) is 17.2 Å². The Morgan fingerprint density at radius 3 is 2.69 bits per heavy atom. The number of rotatable bonds is 6. The lowest BCUT2D eigenvalue weighted by Gasteiger charge is -2.31. The van der Waals surface area contributed by atoms with E-state index in [1.54, 1.807) is 7.05 Å². The first-order chi connectivity index (χ1) is 15.7. The molecule has 1 aliphatic heterocycles. The molecule has 0 aliphatic carbocycles. The highest BCUT2D eigenvalue weighted by Gasteiger charge is 2.19. The third kappa shape index (κ3) is 3.95. The van der Waals surface area contributed by atoms with Crippen molar-refractivity contribution in [3.63, 3.8) is 0 Å². The second-order valence-electron chi connectivity index (χ2n) is 7.26. The zero-order valence-electron chi connectivity index (χ0n) is 17.5. The Kier molecular flexibility index (Phi) is 5.80. The quantitative estimate of drug-likeness (QED) is 0.415. The number of aromatic nitrogens is 4. The van der Waals surface area contributed by atoms with Crippen LogP contribution >= 0.6 is 0 Å². The summed E-state index contributed by atoms with van der Waals surface area (Å²) in [7, 11) is 0.362. The molecule has 1 aliphatic rings. The van der Waals surface area contributed by atoms with E-state index in [1.807, 2.05) is 48.5 Å². The normalized spacial score (nSPS) is 15.1. The van der Waals surface area contributed by atoms with Gasteiger partial charge in [-0.15, -0.1) is 0 Å². The highest BCUT2D eigenvalue weighted by molar-refractivity contribution is 7.83. The molecular weight excluding hydrogens is 426 g/mol. The summed E-state index contributed by atoms with van der Waals surface area (Å²) in [5, 5.41) is 11.7. The van der Waals surface area contributed by atoms with Crippen LogP contribution in [0.1, 0.15) is 0 Å². The summed E-state index contributed by atoms with van der Waals surface area (Å²) in [6, 6.07) is 15.7. The van der Waals surface area contributed by atoms with Crippen molar-refractivity contribution in [3.05, 3.63) is 54.9 Å². The maximum Gasteiger partial charge on any atom is 0.186 e. The monoisotopic (exact) mass is 449 g/mol. The van der Waals surface area contributed by atoms with Gasteiger partial charge in [-0.3, -0.25) is 5.10 Å². The first-order valence-corrected chi connectivity index (χ1v) is 11.5. The van der Waals surface area contributed by atoms with Gasteiger partial charge in [0.1, 0.15) is 23.1 Å². The molecule has 0 spiro atoms. The van der Waals surface area contributed by atoms with Crippen LogP contribution in [0.15, 0.2) is 59.8 Å². The van der Waals surface area contributed by atoms with Gasteiger partial charge in [0, 0.05) is 18.7 Å². The van der Waals surface area contributed by atoms with E-state index >= 15 is 0 Å². The maximum absolute atomic E-state index is 12.4. The number of morpholine rings is 1. The molecular formula is C22H23N7O2S. The lowest BCUT2D eigenvalue weighted by Crippen LogP contribution is -2.36. The molecule has 10 heteroatoms. The second kappa shape index (κ2) is 9.03. The lowest BCUT2D eigenvalue weighted by atomic mass is 10.1. The van der Waals surface area contributed by atoms with E-state index in [2.05, 4.69) is 35.1 Å². The highest BCUT2D eigenvalue weighted by Crippen LogP contribution is 2.35. The number of H-pyrrole nitrogens is 1. The summed E-state index contributed by atoms with van der Waals surface area (Å²) in [4.78, 5) is 11.8. The molecule has 32 heavy (non-hydrogen) atoms. The number of benzene rings is 2. The molecule has 1 unspecified atom stereocenters. The van der Waals surface area contributed by atoms with E-state index < -0.39 is 11.0 Å². The SMILES string of the molecule is CNS(=O)c1ccc(N2CCOCC2)c(Nc2ncnc3n[nH]c(-c4ccccc4)c23)c1. The molecule has 1 fully saturated rings. The first kappa shape index (κ1) is 20.6. The largest absolute Gasteiger partial charge is 0.378 e. The summed E-state index contributed by atoms with van der Waals surface area (Å²) in [5.74, 6) is 0.629. The van der Waals surface area contributed by atoms with E-state index in [0.29, 0.717) is 29.6 Å². The lowest BCUT2D eigenvalue weighted by molar-refractivity contribution is 0.123. The average molecular weight is 450 g/mol. The van der Waals surface area contributed by atoms with Gasteiger partial charge in [0.25, 0.3) is 0 Å². The maximum atomic E-state index is 12.4. The topological polar surface area (TPSA) is 108 Å². The molecule has 0 amide bonds. The van der Waals surface area contributed by atoms with Crippen molar-refractivity contribution < 1.29 is 8.95 Å². The Labute approximate surface area is 187 Å². The van der Waals surface area contributed by atoms with Gasteiger partial charge < -0.3 is 15.0 Å². The van der Waals surface area contributed by atoms with Gasteiger partial charge in [-0.2, -0.15) is 5.10 Å². The Balaban J connectivity index is 1.61. The van der Waals surface area contributed by atoms with E-state index in [-0.39, 0.29) is 0 Å². The van der Waals surface area contributed by atoms with Gasteiger partial charge in [0.2, 0.25) is 0 Å². The second-order valence-corrected chi connectivity index (χ2v) is 8.68. The molecule has 3 heterocycles. The van der Waals surface area contributed by atoms with E-state index in [0.717, 1.165) is 41.1 Å². The molecule has 0 radical (unpaired) electrons. The molecule has 3 N–H and O–H groups in total. The summed E-state index contributed by atoms with van der Waals surface area (Å²) in [6.07, 6.45) is 1.49. The van der Waals surface area contributed by atoms with Gasteiger partial charge in [-0.1, -0.05) is 30.3 Å². The highest BCUT2D eigenvalue weighted by atomic mass is 32.2.